The maximum absolute atomic E-state index is 12.5. The van der Waals surface area contributed by atoms with Gasteiger partial charge in [0.2, 0.25) is 5.95 Å². The van der Waals surface area contributed by atoms with Crippen LogP contribution in [0.25, 0.3) is 0 Å². The van der Waals surface area contributed by atoms with E-state index in [1.165, 1.54) is 11.1 Å². The van der Waals surface area contributed by atoms with Gasteiger partial charge in [-0.1, -0.05) is 24.3 Å². The van der Waals surface area contributed by atoms with E-state index in [1.54, 1.807) is 0 Å². The lowest BCUT2D eigenvalue weighted by molar-refractivity contribution is -0.141. The molecule has 1 unspecified atom stereocenters. The van der Waals surface area contributed by atoms with Crippen molar-refractivity contribution in [3.63, 3.8) is 0 Å². The first-order valence-electron chi connectivity index (χ1n) is 6.26. The number of benzene rings is 1. The van der Waals surface area contributed by atoms with Crippen molar-refractivity contribution in [3.8, 4) is 0 Å². The molecule has 1 heterocycles. The molecule has 1 aromatic carbocycles. The van der Waals surface area contributed by atoms with Gasteiger partial charge < -0.3 is 5.32 Å². The predicted molar refractivity (Wildman–Crippen MR) is 68.4 cm³/mol. The Hall–Kier alpha value is -2.11. The highest BCUT2D eigenvalue weighted by Crippen LogP contribution is 2.34. The normalized spacial score (nSPS) is 17.2. The molecule has 0 spiro atoms. The van der Waals surface area contributed by atoms with Gasteiger partial charge in [0.05, 0.1) is 0 Å². The fourth-order valence-corrected chi connectivity index (χ4v) is 2.36. The van der Waals surface area contributed by atoms with Crippen LogP contribution in [-0.2, 0) is 12.6 Å². The fourth-order valence-electron chi connectivity index (χ4n) is 2.36. The number of nitrogens with one attached hydrogen (secondary N) is 1. The van der Waals surface area contributed by atoms with Gasteiger partial charge in [-0.25, -0.2) is 9.97 Å². The van der Waals surface area contributed by atoms with Crippen molar-refractivity contribution in [1.29, 1.82) is 0 Å². The van der Waals surface area contributed by atoms with E-state index >= 15 is 0 Å². The molecule has 0 radical (unpaired) electrons. The van der Waals surface area contributed by atoms with Gasteiger partial charge >= 0.3 is 6.18 Å². The molecule has 0 amide bonds. The van der Waals surface area contributed by atoms with Crippen molar-refractivity contribution < 1.29 is 13.2 Å². The Labute approximate surface area is 113 Å². The number of fused-ring (bicyclic) bond motifs is 1. The molecular formula is C14H12F3N3. The minimum atomic E-state index is -4.44. The summed E-state index contributed by atoms with van der Waals surface area (Å²) in [6, 6.07) is 8.92. The number of rotatable bonds is 3. The first kappa shape index (κ1) is 12.9. The van der Waals surface area contributed by atoms with Crippen molar-refractivity contribution in [2.75, 3.05) is 11.9 Å². The van der Waals surface area contributed by atoms with Crippen molar-refractivity contribution in [1.82, 2.24) is 9.97 Å². The molecule has 6 heteroatoms. The number of nitrogens with zero attached hydrogens (tertiary/aromatic N) is 2. The molecule has 20 heavy (non-hydrogen) atoms. The lowest BCUT2D eigenvalue weighted by atomic mass is 9.78. The summed E-state index contributed by atoms with van der Waals surface area (Å²) < 4.78 is 37.6. The van der Waals surface area contributed by atoms with E-state index in [1.807, 2.05) is 18.2 Å². The predicted octanol–water partition coefficient (Wildman–Crippen LogP) is 3.25. The van der Waals surface area contributed by atoms with Gasteiger partial charge in [0.25, 0.3) is 0 Å². The zero-order chi connectivity index (χ0) is 14.2. The fraction of sp³-hybridized carbons (Fsp3) is 0.286. The van der Waals surface area contributed by atoms with Gasteiger partial charge in [0, 0.05) is 18.7 Å². The van der Waals surface area contributed by atoms with Crippen molar-refractivity contribution in [2.24, 2.45) is 0 Å². The molecule has 0 saturated carbocycles. The third-order valence-corrected chi connectivity index (χ3v) is 3.41. The second-order valence-corrected chi connectivity index (χ2v) is 4.74. The zero-order valence-electron chi connectivity index (χ0n) is 10.5. The van der Waals surface area contributed by atoms with E-state index in [2.05, 4.69) is 21.4 Å². The van der Waals surface area contributed by atoms with Crippen LogP contribution < -0.4 is 5.32 Å². The molecule has 1 atom stereocenters. The minimum absolute atomic E-state index is 0.0178. The first-order valence-corrected chi connectivity index (χ1v) is 6.26. The van der Waals surface area contributed by atoms with Crippen LogP contribution in [0.4, 0.5) is 19.1 Å². The van der Waals surface area contributed by atoms with E-state index < -0.39 is 11.9 Å². The van der Waals surface area contributed by atoms with Crippen LogP contribution in [0.5, 0.6) is 0 Å². The Morgan fingerprint density at radius 2 is 2.00 bits per heavy atom. The highest BCUT2D eigenvalue weighted by molar-refractivity contribution is 5.41. The topological polar surface area (TPSA) is 37.8 Å². The second kappa shape index (κ2) is 4.77. The summed E-state index contributed by atoms with van der Waals surface area (Å²) in [5, 5.41) is 2.88. The average Bonchev–Trinajstić information content (AvgIpc) is 2.39. The molecule has 2 aromatic rings. The standard InChI is InChI=1S/C14H12F3N3/c15-14(16,17)12-5-6-18-13(20-12)19-8-10-7-9-3-1-2-4-11(9)10/h1-6,10H,7-8H2,(H,18,19,20). The second-order valence-electron chi connectivity index (χ2n) is 4.74. The summed E-state index contributed by atoms with van der Waals surface area (Å²) in [5.41, 5.74) is 1.61. The first-order chi connectivity index (χ1) is 9.54. The highest BCUT2D eigenvalue weighted by Gasteiger charge is 2.33. The van der Waals surface area contributed by atoms with E-state index in [4.69, 9.17) is 0 Å². The Morgan fingerprint density at radius 3 is 2.75 bits per heavy atom. The Balaban J connectivity index is 1.66. The maximum atomic E-state index is 12.5. The molecule has 104 valence electrons. The Bertz CT molecular complexity index is 625. The lowest BCUT2D eigenvalue weighted by Gasteiger charge is -2.30. The van der Waals surface area contributed by atoms with Crippen LogP contribution in [0, 0.1) is 0 Å². The Morgan fingerprint density at radius 1 is 1.20 bits per heavy atom. The van der Waals surface area contributed by atoms with Crippen molar-refractivity contribution in [3.05, 3.63) is 53.3 Å². The number of alkyl halides is 3. The SMILES string of the molecule is FC(F)(F)c1ccnc(NCC2Cc3ccccc32)n1. The van der Waals surface area contributed by atoms with Crippen LogP contribution in [0.2, 0.25) is 0 Å². The quantitative estimate of drug-likeness (QED) is 0.937. The van der Waals surface area contributed by atoms with Gasteiger partial charge in [-0.05, 0) is 23.6 Å². The van der Waals surface area contributed by atoms with Crippen LogP contribution in [-0.4, -0.2) is 16.5 Å². The van der Waals surface area contributed by atoms with E-state index in [0.717, 1.165) is 18.7 Å². The third-order valence-electron chi connectivity index (χ3n) is 3.41. The number of hydrogen-bond acceptors (Lipinski definition) is 3. The van der Waals surface area contributed by atoms with Crippen molar-refractivity contribution in [2.45, 2.75) is 18.5 Å². The molecule has 0 aliphatic heterocycles. The van der Waals surface area contributed by atoms with Crippen LogP contribution in [0.15, 0.2) is 36.5 Å². The lowest BCUT2D eigenvalue weighted by Crippen LogP contribution is -2.25. The monoisotopic (exact) mass is 279 g/mol. The summed E-state index contributed by atoms with van der Waals surface area (Å²) in [4.78, 5) is 7.30. The van der Waals surface area contributed by atoms with Gasteiger partial charge in [0.15, 0.2) is 0 Å². The summed E-state index contributed by atoms with van der Waals surface area (Å²) in [6.07, 6.45) is -2.39. The molecule has 0 saturated heterocycles. The highest BCUT2D eigenvalue weighted by atomic mass is 19.4. The molecular weight excluding hydrogens is 267 g/mol. The minimum Gasteiger partial charge on any atom is -0.354 e. The van der Waals surface area contributed by atoms with Crippen molar-refractivity contribution >= 4 is 5.95 Å². The molecule has 1 N–H and O–H groups in total. The van der Waals surface area contributed by atoms with Crippen LogP contribution in [0.3, 0.4) is 0 Å². The van der Waals surface area contributed by atoms with Gasteiger partial charge in [-0.15, -0.1) is 0 Å². The summed E-state index contributed by atoms with van der Waals surface area (Å²) >= 11 is 0. The summed E-state index contributed by atoms with van der Waals surface area (Å²) in [7, 11) is 0. The van der Waals surface area contributed by atoms with Gasteiger partial charge in [-0.3, -0.25) is 0 Å². The molecule has 1 aromatic heterocycles. The van der Waals surface area contributed by atoms with Gasteiger partial charge in [-0.2, -0.15) is 13.2 Å². The molecule has 1 aliphatic carbocycles. The summed E-state index contributed by atoms with van der Waals surface area (Å²) in [5.74, 6) is 0.327. The van der Waals surface area contributed by atoms with Crippen LogP contribution >= 0.6 is 0 Å². The molecule has 3 rings (SSSR count). The molecule has 0 bridgehead atoms. The zero-order valence-corrected chi connectivity index (χ0v) is 10.5. The Kier molecular flexibility index (Phi) is 3.08. The third kappa shape index (κ3) is 2.45. The summed E-state index contributed by atoms with van der Waals surface area (Å²) in [6.45, 7) is 0.540. The van der Waals surface area contributed by atoms with E-state index in [-0.39, 0.29) is 5.95 Å². The smallest absolute Gasteiger partial charge is 0.354 e. The maximum Gasteiger partial charge on any atom is 0.433 e. The molecule has 1 aliphatic rings. The molecule has 3 nitrogen and oxygen atoms in total. The van der Waals surface area contributed by atoms with Crippen LogP contribution in [0.1, 0.15) is 22.7 Å². The number of anilines is 1. The molecule has 0 fully saturated rings. The number of halogens is 3. The number of hydrogen-bond donors (Lipinski definition) is 1. The van der Waals surface area contributed by atoms with E-state index in [9.17, 15) is 13.2 Å². The average molecular weight is 279 g/mol. The number of aromatic nitrogens is 2. The largest absolute Gasteiger partial charge is 0.433 e. The van der Waals surface area contributed by atoms with E-state index in [0.29, 0.717) is 12.5 Å². The van der Waals surface area contributed by atoms with Gasteiger partial charge in [0.1, 0.15) is 5.69 Å².